The number of halogens is 1. The maximum Gasteiger partial charge on any atom is 0.254 e. The molecule has 0 atom stereocenters. The fraction of sp³-hybridized carbons (Fsp3) is 0.273. The van der Waals surface area contributed by atoms with Crippen LogP contribution in [0.5, 0.6) is 0 Å². The SMILES string of the molecule is CCN(CC(N)=O)C(=O)c1cccc(Br)c1. The minimum Gasteiger partial charge on any atom is -0.368 e. The molecule has 2 N–H and O–H groups in total. The lowest BCUT2D eigenvalue weighted by Crippen LogP contribution is -2.38. The van der Waals surface area contributed by atoms with Crippen LogP contribution >= 0.6 is 15.9 Å². The Bertz CT molecular complexity index is 407. The predicted molar refractivity (Wildman–Crippen MR) is 64.9 cm³/mol. The molecule has 0 fully saturated rings. The summed E-state index contributed by atoms with van der Waals surface area (Å²) in [6, 6.07) is 7.03. The highest BCUT2D eigenvalue weighted by molar-refractivity contribution is 9.10. The molecule has 0 radical (unpaired) electrons. The van der Waals surface area contributed by atoms with E-state index in [-0.39, 0.29) is 12.5 Å². The van der Waals surface area contributed by atoms with Crippen molar-refractivity contribution < 1.29 is 9.59 Å². The first-order chi connectivity index (χ1) is 7.54. The van der Waals surface area contributed by atoms with E-state index in [0.717, 1.165) is 4.47 Å². The van der Waals surface area contributed by atoms with Crippen LogP contribution in [-0.2, 0) is 4.79 Å². The molecule has 0 aliphatic heterocycles. The Kier molecular flexibility index (Phi) is 4.49. The molecule has 0 saturated heterocycles. The van der Waals surface area contributed by atoms with Gasteiger partial charge in [0, 0.05) is 16.6 Å². The van der Waals surface area contributed by atoms with Gasteiger partial charge in [0.05, 0.1) is 6.54 Å². The molecule has 0 aromatic heterocycles. The van der Waals surface area contributed by atoms with E-state index in [2.05, 4.69) is 15.9 Å². The molecule has 0 aliphatic carbocycles. The minimum absolute atomic E-state index is 0.0537. The molecule has 1 rings (SSSR count). The largest absolute Gasteiger partial charge is 0.368 e. The zero-order valence-corrected chi connectivity index (χ0v) is 10.5. The number of nitrogens with zero attached hydrogens (tertiary/aromatic N) is 1. The Labute approximate surface area is 103 Å². The quantitative estimate of drug-likeness (QED) is 0.908. The average Bonchev–Trinajstić information content (AvgIpc) is 2.24. The molecular formula is C11H13BrN2O2. The van der Waals surface area contributed by atoms with Crippen LogP contribution in [0.1, 0.15) is 17.3 Å². The van der Waals surface area contributed by atoms with Crippen LogP contribution in [0, 0.1) is 0 Å². The van der Waals surface area contributed by atoms with Gasteiger partial charge in [-0.15, -0.1) is 0 Å². The molecule has 5 heteroatoms. The van der Waals surface area contributed by atoms with Crippen LogP contribution in [0.4, 0.5) is 0 Å². The fourth-order valence-electron chi connectivity index (χ4n) is 1.32. The van der Waals surface area contributed by atoms with Crippen molar-refractivity contribution >= 4 is 27.7 Å². The van der Waals surface area contributed by atoms with Gasteiger partial charge in [0.2, 0.25) is 5.91 Å². The number of hydrogen-bond acceptors (Lipinski definition) is 2. The molecule has 1 aromatic carbocycles. The number of hydrogen-bond donors (Lipinski definition) is 1. The van der Waals surface area contributed by atoms with Gasteiger partial charge < -0.3 is 10.6 Å². The number of primary amides is 1. The number of carbonyl (C=O) groups excluding carboxylic acids is 2. The molecule has 0 heterocycles. The summed E-state index contributed by atoms with van der Waals surface area (Å²) in [5.41, 5.74) is 5.61. The van der Waals surface area contributed by atoms with Crippen molar-refractivity contribution in [1.82, 2.24) is 4.90 Å². The van der Waals surface area contributed by atoms with Crippen molar-refractivity contribution in [3.63, 3.8) is 0 Å². The highest BCUT2D eigenvalue weighted by Crippen LogP contribution is 2.13. The van der Waals surface area contributed by atoms with E-state index in [0.29, 0.717) is 12.1 Å². The summed E-state index contributed by atoms with van der Waals surface area (Å²) in [6.45, 7) is 2.20. The van der Waals surface area contributed by atoms with Gasteiger partial charge in [0.25, 0.3) is 5.91 Å². The van der Waals surface area contributed by atoms with Gasteiger partial charge in [-0.2, -0.15) is 0 Å². The Morgan fingerprint density at radius 3 is 2.62 bits per heavy atom. The van der Waals surface area contributed by atoms with Gasteiger partial charge >= 0.3 is 0 Å². The minimum atomic E-state index is -0.509. The second-order valence-corrected chi connectivity index (χ2v) is 4.21. The third-order valence-electron chi connectivity index (χ3n) is 2.09. The lowest BCUT2D eigenvalue weighted by Gasteiger charge is -2.19. The number of likely N-dealkylation sites (N-methyl/N-ethyl adjacent to an activating group) is 1. The number of benzene rings is 1. The molecule has 2 amide bonds. The van der Waals surface area contributed by atoms with Gasteiger partial charge in [-0.1, -0.05) is 22.0 Å². The molecule has 0 saturated carbocycles. The molecule has 86 valence electrons. The lowest BCUT2D eigenvalue weighted by atomic mass is 10.2. The van der Waals surface area contributed by atoms with Crippen molar-refractivity contribution in [2.24, 2.45) is 5.73 Å². The summed E-state index contributed by atoms with van der Waals surface area (Å²) in [4.78, 5) is 24.2. The van der Waals surface area contributed by atoms with Gasteiger partial charge in [0.15, 0.2) is 0 Å². The standard InChI is InChI=1S/C11H13BrN2O2/c1-2-14(7-10(13)15)11(16)8-4-3-5-9(12)6-8/h3-6H,2,7H2,1H3,(H2,13,15). The topological polar surface area (TPSA) is 63.4 Å². The van der Waals surface area contributed by atoms with E-state index in [4.69, 9.17) is 5.73 Å². The zero-order chi connectivity index (χ0) is 12.1. The average molecular weight is 285 g/mol. The van der Waals surface area contributed by atoms with Gasteiger partial charge in [-0.25, -0.2) is 0 Å². The van der Waals surface area contributed by atoms with E-state index < -0.39 is 5.91 Å². The first-order valence-corrected chi connectivity index (χ1v) is 5.67. The first-order valence-electron chi connectivity index (χ1n) is 4.87. The van der Waals surface area contributed by atoms with Crippen molar-refractivity contribution in [2.45, 2.75) is 6.92 Å². The summed E-state index contributed by atoms with van der Waals surface area (Å²) in [6.07, 6.45) is 0. The van der Waals surface area contributed by atoms with E-state index in [1.54, 1.807) is 25.1 Å². The third-order valence-corrected chi connectivity index (χ3v) is 2.58. The van der Waals surface area contributed by atoms with E-state index in [1.807, 2.05) is 6.07 Å². The molecule has 0 aliphatic rings. The second-order valence-electron chi connectivity index (χ2n) is 3.30. The summed E-state index contributed by atoms with van der Waals surface area (Å²) in [5, 5.41) is 0. The molecule has 0 unspecified atom stereocenters. The fourth-order valence-corrected chi connectivity index (χ4v) is 1.72. The van der Waals surface area contributed by atoms with Crippen molar-refractivity contribution in [3.05, 3.63) is 34.3 Å². The molecular weight excluding hydrogens is 272 g/mol. The first kappa shape index (κ1) is 12.7. The van der Waals surface area contributed by atoms with Crippen molar-refractivity contribution in [2.75, 3.05) is 13.1 Å². The van der Waals surface area contributed by atoms with Crippen molar-refractivity contribution in [3.8, 4) is 0 Å². The van der Waals surface area contributed by atoms with Crippen LogP contribution in [-0.4, -0.2) is 29.8 Å². The highest BCUT2D eigenvalue weighted by atomic mass is 79.9. The Morgan fingerprint density at radius 1 is 1.44 bits per heavy atom. The number of rotatable bonds is 4. The second kappa shape index (κ2) is 5.65. The molecule has 16 heavy (non-hydrogen) atoms. The molecule has 4 nitrogen and oxygen atoms in total. The van der Waals surface area contributed by atoms with E-state index in [1.165, 1.54) is 4.90 Å². The molecule has 1 aromatic rings. The van der Waals surface area contributed by atoms with Gasteiger partial charge in [-0.05, 0) is 25.1 Å². The number of nitrogens with two attached hydrogens (primary N) is 1. The predicted octanol–water partition coefficient (Wildman–Crippen LogP) is 1.40. The van der Waals surface area contributed by atoms with Crippen LogP contribution in [0.15, 0.2) is 28.7 Å². The zero-order valence-electron chi connectivity index (χ0n) is 8.94. The Balaban J connectivity index is 2.86. The number of amides is 2. The van der Waals surface area contributed by atoms with E-state index in [9.17, 15) is 9.59 Å². The summed E-state index contributed by atoms with van der Waals surface area (Å²) >= 11 is 3.29. The summed E-state index contributed by atoms with van der Waals surface area (Å²) < 4.78 is 0.827. The van der Waals surface area contributed by atoms with Gasteiger partial charge in [0.1, 0.15) is 0 Å². The van der Waals surface area contributed by atoms with Crippen LogP contribution in [0.25, 0.3) is 0 Å². The normalized spacial score (nSPS) is 9.88. The molecule has 0 spiro atoms. The van der Waals surface area contributed by atoms with Crippen LogP contribution in [0.3, 0.4) is 0 Å². The summed E-state index contributed by atoms with van der Waals surface area (Å²) in [5.74, 6) is -0.701. The van der Waals surface area contributed by atoms with Crippen LogP contribution < -0.4 is 5.73 Å². The Morgan fingerprint density at radius 2 is 2.12 bits per heavy atom. The Hall–Kier alpha value is -1.36. The monoisotopic (exact) mass is 284 g/mol. The molecule has 0 bridgehead atoms. The third kappa shape index (κ3) is 3.34. The van der Waals surface area contributed by atoms with Crippen LogP contribution in [0.2, 0.25) is 0 Å². The van der Waals surface area contributed by atoms with E-state index >= 15 is 0 Å². The maximum absolute atomic E-state index is 12.0. The highest BCUT2D eigenvalue weighted by Gasteiger charge is 2.15. The maximum atomic E-state index is 12.0. The summed E-state index contributed by atoms with van der Waals surface area (Å²) in [7, 11) is 0. The van der Waals surface area contributed by atoms with Gasteiger partial charge in [-0.3, -0.25) is 9.59 Å². The smallest absolute Gasteiger partial charge is 0.254 e. The lowest BCUT2D eigenvalue weighted by molar-refractivity contribution is -0.118. The van der Waals surface area contributed by atoms with Crippen molar-refractivity contribution in [1.29, 1.82) is 0 Å². The number of carbonyl (C=O) groups is 2.